The highest BCUT2D eigenvalue weighted by Crippen LogP contribution is 2.19. The second kappa shape index (κ2) is 4.50. The first-order valence-corrected chi connectivity index (χ1v) is 4.05. The number of hydrogen-bond acceptors (Lipinski definition) is 1. The van der Waals surface area contributed by atoms with Crippen LogP contribution in [0.5, 0.6) is 0 Å². The molecule has 0 aromatic heterocycles. The van der Waals surface area contributed by atoms with Crippen molar-refractivity contribution in [1.82, 2.24) is 0 Å². The minimum absolute atomic E-state index is 0.0694. The van der Waals surface area contributed by atoms with Crippen LogP contribution in [0.2, 0.25) is 0 Å². The third-order valence-electron chi connectivity index (χ3n) is 1.33. The standard InChI is InChI=1S/C9H17O2/c1-9(2,3)7-8(11)5-4-6-10/h4-7H2,1-3H3. The van der Waals surface area contributed by atoms with E-state index >= 15 is 0 Å². The number of carbonyl (C=O) groups excluding carboxylic acids is 1. The summed E-state index contributed by atoms with van der Waals surface area (Å²) >= 11 is 0. The highest BCUT2D eigenvalue weighted by atomic mass is 16.3. The highest BCUT2D eigenvalue weighted by molar-refractivity contribution is 5.78. The van der Waals surface area contributed by atoms with Gasteiger partial charge >= 0.3 is 0 Å². The predicted molar refractivity (Wildman–Crippen MR) is 43.9 cm³/mol. The third-order valence-corrected chi connectivity index (χ3v) is 1.33. The van der Waals surface area contributed by atoms with Crippen molar-refractivity contribution in [2.24, 2.45) is 5.41 Å². The Morgan fingerprint density at radius 1 is 1.27 bits per heavy atom. The monoisotopic (exact) mass is 157 g/mol. The molecule has 0 rings (SSSR count). The maximum absolute atomic E-state index is 11.1. The van der Waals surface area contributed by atoms with Gasteiger partial charge in [-0.15, -0.1) is 0 Å². The van der Waals surface area contributed by atoms with E-state index < -0.39 is 0 Å². The highest BCUT2D eigenvalue weighted by Gasteiger charge is 2.14. The molecule has 0 aromatic carbocycles. The van der Waals surface area contributed by atoms with Gasteiger partial charge in [-0.1, -0.05) is 20.8 Å². The molecule has 0 atom stereocenters. The Kier molecular flexibility index (Phi) is 4.34. The molecule has 0 aliphatic heterocycles. The summed E-state index contributed by atoms with van der Waals surface area (Å²) in [5.74, 6) is 0.216. The van der Waals surface area contributed by atoms with Crippen molar-refractivity contribution in [2.45, 2.75) is 40.0 Å². The van der Waals surface area contributed by atoms with Gasteiger partial charge in [0.1, 0.15) is 5.78 Å². The number of rotatable bonds is 4. The van der Waals surface area contributed by atoms with E-state index in [1.165, 1.54) is 0 Å². The Bertz CT molecular complexity index is 122. The van der Waals surface area contributed by atoms with Gasteiger partial charge in [-0.3, -0.25) is 4.79 Å². The summed E-state index contributed by atoms with van der Waals surface area (Å²) in [5.41, 5.74) is 0.0694. The molecule has 0 aliphatic rings. The van der Waals surface area contributed by atoms with Gasteiger partial charge < -0.3 is 0 Å². The molecule has 11 heavy (non-hydrogen) atoms. The molecule has 2 nitrogen and oxygen atoms in total. The minimum atomic E-state index is -0.129. The first kappa shape index (κ1) is 10.6. The van der Waals surface area contributed by atoms with Crippen LogP contribution in [0, 0.1) is 5.41 Å². The Labute approximate surface area is 68.6 Å². The van der Waals surface area contributed by atoms with Crippen LogP contribution in [0.15, 0.2) is 0 Å². The molecule has 65 valence electrons. The van der Waals surface area contributed by atoms with Gasteiger partial charge in [0, 0.05) is 12.8 Å². The molecule has 0 fully saturated rings. The van der Waals surface area contributed by atoms with E-state index in [-0.39, 0.29) is 17.8 Å². The van der Waals surface area contributed by atoms with Crippen LogP contribution in [0.3, 0.4) is 0 Å². The summed E-state index contributed by atoms with van der Waals surface area (Å²) < 4.78 is 0. The second-order valence-electron chi connectivity index (χ2n) is 4.08. The van der Waals surface area contributed by atoms with Gasteiger partial charge in [0.15, 0.2) is 0 Å². The van der Waals surface area contributed by atoms with Gasteiger partial charge in [-0.2, -0.15) is 0 Å². The van der Waals surface area contributed by atoms with Crippen LogP contribution in [-0.4, -0.2) is 12.4 Å². The van der Waals surface area contributed by atoms with E-state index in [2.05, 4.69) is 0 Å². The Balaban J connectivity index is 3.53. The Morgan fingerprint density at radius 2 is 1.82 bits per heavy atom. The van der Waals surface area contributed by atoms with Crippen LogP contribution >= 0.6 is 0 Å². The lowest BCUT2D eigenvalue weighted by atomic mass is 9.89. The molecule has 1 radical (unpaired) electrons. The van der Waals surface area contributed by atoms with Crippen molar-refractivity contribution in [3.8, 4) is 0 Å². The molecule has 0 unspecified atom stereocenters. The molecule has 0 N–H and O–H groups in total. The first-order chi connectivity index (χ1) is 4.95. The number of ketones is 1. The Morgan fingerprint density at radius 3 is 2.18 bits per heavy atom. The van der Waals surface area contributed by atoms with Gasteiger partial charge in [0.2, 0.25) is 0 Å². The van der Waals surface area contributed by atoms with Crippen LogP contribution in [0.1, 0.15) is 40.0 Å². The molecule has 0 amide bonds. The first-order valence-electron chi connectivity index (χ1n) is 4.05. The molecular formula is C9H17O2. The summed E-state index contributed by atoms with van der Waals surface area (Å²) in [6.45, 7) is 5.96. The van der Waals surface area contributed by atoms with E-state index in [0.29, 0.717) is 19.3 Å². The fourth-order valence-corrected chi connectivity index (χ4v) is 0.949. The van der Waals surface area contributed by atoms with E-state index in [1.54, 1.807) is 0 Å². The summed E-state index contributed by atoms with van der Waals surface area (Å²) in [6, 6.07) is 0. The zero-order chi connectivity index (χ0) is 8.91. The van der Waals surface area contributed by atoms with Crippen molar-refractivity contribution >= 4 is 5.78 Å². The minimum Gasteiger partial charge on any atom is -0.300 e. The molecular weight excluding hydrogens is 140 g/mol. The summed E-state index contributed by atoms with van der Waals surface area (Å²) in [5, 5.41) is 10.0. The van der Waals surface area contributed by atoms with E-state index in [9.17, 15) is 9.90 Å². The quantitative estimate of drug-likeness (QED) is 0.616. The molecule has 2 heteroatoms. The molecule has 0 aromatic rings. The fraction of sp³-hybridized carbons (Fsp3) is 0.889. The van der Waals surface area contributed by atoms with Gasteiger partial charge in [-0.05, 0) is 11.8 Å². The van der Waals surface area contributed by atoms with Gasteiger partial charge in [-0.25, -0.2) is 5.11 Å². The second-order valence-corrected chi connectivity index (χ2v) is 4.08. The summed E-state index contributed by atoms with van der Waals surface area (Å²) in [6.07, 6.45) is 1.54. The third kappa shape index (κ3) is 7.53. The van der Waals surface area contributed by atoms with Crippen LogP contribution in [0.25, 0.3) is 0 Å². The van der Waals surface area contributed by atoms with Crippen molar-refractivity contribution in [3.63, 3.8) is 0 Å². The molecule has 0 heterocycles. The lowest BCUT2D eigenvalue weighted by Gasteiger charge is -2.16. The van der Waals surface area contributed by atoms with E-state index in [1.807, 2.05) is 20.8 Å². The summed E-state index contributed by atoms with van der Waals surface area (Å²) in [4.78, 5) is 11.1. The number of Topliss-reactive ketones (excluding diaryl/α,β-unsaturated/α-hetero) is 1. The lowest BCUT2D eigenvalue weighted by molar-refractivity contribution is -0.121. The van der Waals surface area contributed by atoms with E-state index in [4.69, 9.17) is 0 Å². The lowest BCUT2D eigenvalue weighted by Crippen LogP contribution is -2.12. The van der Waals surface area contributed by atoms with Crippen molar-refractivity contribution in [2.75, 3.05) is 6.61 Å². The predicted octanol–water partition coefficient (Wildman–Crippen LogP) is 2.20. The van der Waals surface area contributed by atoms with Crippen LogP contribution < -0.4 is 0 Å². The summed E-state index contributed by atoms with van der Waals surface area (Å²) in [7, 11) is 0. The van der Waals surface area contributed by atoms with Crippen molar-refractivity contribution in [3.05, 3.63) is 0 Å². The maximum Gasteiger partial charge on any atom is 0.133 e. The van der Waals surface area contributed by atoms with Crippen LogP contribution in [0.4, 0.5) is 0 Å². The molecule has 0 aliphatic carbocycles. The average Bonchev–Trinajstić information content (AvgIpc) is 1.79. The molecule has 0 bridgehead atoms. The van der Waals surface area contributed by atoms with Gasteiger partial charge in [0.05, 0.1) is 6.61 Å². The molecule has 0 saturated heterocycles. The zero-order valence-electron chi connectivity index (χ0n) is 7.64. The maximum atomic E-state index is 11.1. The van der Waals surface area contributed by atoms with Crippen LogP contribution in [-0.2, 0) is 9.90 Å². The fourth-order valence-electron chi connectivity index (χ4n) is 0.949. The topological polar surface area (TPSA) is 37.0 Å². The van der Waals surface area contributed by atoms with Crippen molar-refractivity contribution < 1.29 is 9.90 Å². The SMILES string of the molecule is CC(C)(C)CC(=O)CCC[O]. The zero-order valence-corrected chi connectivity index (χ0v) is 7.64. The smallest absolute Gasteiger partial charge is 0.133 e. The number of carbonyl (C=O) groups is 1. The normalized spacial score (nSPS) is 11.6. The largest absolute Gasteiger partial charge is 0.300 e. The van der Waals surface area contributed by atoms with E-state index in [0.717, 1.165) is 0 Å². The van der Waals surface area contributed by atoms with Crippen molar-refractivity contribution in [1.29, 1.82) is 0 Å². The number of hydrogen-bond donors (Lipinski definition) is 0. The molecule has 0 spiro atoms. The Hall–Kier alpha value is -0.370. The molecule has 0 saturated carbocycles. The van der Waals surface area contributed by atoms with Gasteiger partial charge in [0.25, 0.3) is 0 Å². The average molecular weight is 157 g/mol.